The van der Waals surface area contributed by atoms with Crippen molar-refractivity contribution in [3.8, 4) is 0 Å². The van der Waals surface area contributed by atoms with Gasteiger partial charge in [0.05, 0.1) is 0 Å². The van der Waals surface area contributed by atoms with Gasteiger partial charge in [-0.05, 0) is 49.9 Å². The van der Waals surface area contributed by atoms with Gasteiger partial charge in [-0.25, -0.2) is 0 Å². The predicted octanol–water partition coefficient (Wildman–Crippen LogP) is 1.55. The number of nitrogens with zero attached hydrogens (tertiary/aromatic N) is 1. The molecule has 4 nitrogen and oxygen atoms in total. The van der Waals surface area contributed by atoms with Crippen LogP contribution in [0.3, 0.4) is 0 Å². The Labute approximate surface area is 114 Å². The highest BCUT2D eigenvalue weighted by Crippen LogP contribution is 2.39. The van der Waals surface area contributed by atoms with E-state index < -0.39 is 0 Å². The summed E-state index contributed by atoms with van der Waals surface area (Å²) >= 11 is 0. The predicted molar refractivity (Wildman–Crippen MR) is 72.3 cm³/mol. The summed E-state index contributed by atoms with van der Waals surface area (Å²) in [5.74, 6) is 1.75. The molecule has 0 radical (unpaired) electrons. The number of piperazine rings is 1. The summed E-state index contributed by atoms with van der Waals surface area (Å²) in [5.41, 5.74) is 0. The van der Waals surface area contributed by atoms with Crippen molar-refractivity contribution < 1.29 is 9.59 Å². The fourth-order valence-corrected chi connectivity index (χ4v) is 3.09. The molecule has 106 valence electrons. The van der Waals surface area contributed by atoms with Crippen molar-refractivity contribution in [2.24, 2.45) is 17.8 Å². The van der Waals surface area contributed by atoms with Crippen molar-refractivity contribution in [1.82, 2.24) is 10.2 Å². The largest absolute Gasteiger partial charge is 0.342 e. The van der Waals surface area contributed by atoms with E-state index in [1.165, 1.54) is 12.8 Å². The van der Waals surface area contributed by atoms with Crippen LogP contribution in [-0.4, -0.2) is 35.3 Å². The zero-order chi connectivity index (χ0) is 13.6. The molecule has 1 aliphatic heterocycles. The molecular weight excluding hydrogens is 240 g/mol. The highest BCUT2D eigenvalue weighted by Gasteiger charge is 2.48. The van der Waals surface area contributed by atoms with Crippen LogP contribution in [0.4, 0.5) is 0 Å². The van der Waals surface area contributed by atoms with Crippen LogP contribution >= 0.6 is 0 Å². The molecule has 3 aliphatic rings. The molecule has 0 aromatic heterocycles. The van der Waals surface area contributed by atoms with Gasteiger partial charge >= 0.3 is 0 Å². The van der Waals surface area contributed by atoms with Gasteiger partial charge in [-0.15, -0.1) is 0 Å². The minimum atomic E-state index is -0.291. The average Bonchev–Trinajstić information content (AvgIpc) is 3.17. The van der Waals surface area contributed by atoms with Crippen LogP contribution in [0.1, 0.15) is 46.0 Å². The first-order chi connectivity index (χ1) is 9.06. The molecule has 1 N–H and O–H groups in total. The van der Waals surface area contributed by atoms with E-state index in [4.69, 9.17) is 0 Å². The van der Waals surface area contributed by atoms with Crippen LogP contribution in [0.2, 0.25) is 0 Å². The number of hydrogen-bond acceptors (Lipinski definition) is 2. The van der Waals surface area contributed by atoms with Crippen LogP contribution in [0.5, 0.6) is 0 Å². The lowest BCUT2D eigenvalue weighted by Crippen LogP contribution is -2.64. The number of rotatable bonds is 5. The second-order valence-electron chi connectivity index (χ2n) is 6.91. The molecular formula is C15H24N2O2. The van der Waals surface area contributed by atoms with Gasteiger partial charge in [0.25, 0.3) is 0 Å². The number of carbonyl (C=O) groups is 2. The third-order valence-electron chi connectivity index (χ3n) is 4.43. The Balaban J connectivity index is 1.75. The lowest BCUT2D eigenvalue weighted by Gasteiger charge is -2.40. The summed E-state index contributed by atoms with van der Waals surface area (Å²) in [7, 11) is 0. The summed E-state index contributed by atoms with van der Waals surface area (Å²) in [5, 5.41) is 2.96. The molecule has 4 heteroatoms. The maximum Gasteiger partial charge on any atom is 0.245 e. The van der Waals surface area contributed by atoms with Crippen LogP contribution in [0, 0.1) is 17.8 Å². The highest BCUT2D eigenvalue weighted by molar-refractivity contribution is 5.97. The van der Waals surface area contributed by atoms with Crippen LogP contribution < -0.4 is 5.32 Å². The Morgan fingerprint density at radius 3 is 2.42 bits per heavy atom. The molecule has 2 atom stereocenters. The van der Waals surface area contributed by atoms with E-state index in [0.29, 0.717) is 17.8 Å². The molecule has 1 saturated heterocycles. The monoisotopic (exact) mass is 264 g/mol. The molecule has 2 saturated carbocycles. The molecule has 2 amide bonds. The molecule has 2 unspecified atom stereocenters. The smallest absolute Gasteiger partial charge is 0.245 e. The number of carbonyl (C=O) groups excluding carboxylic acids is 2. The highest BCUT2D eigenvalue weighted by atomic mass is 16.2. The Hall–Kier alpha value is -1.06. The van der Waals surface area contributed by atoms with Gasteiger partial charge in [0.2, 0.25) is 11.8 Å². The number of amides is 2. The summed E-state index contributed by atoms with van der Waals surface area (Å²) in [6.07, 6.45) is 5.39. The van der Waals surface area contributed by atoms with E-state index in [2.05, 4.69) is 19.2 Å². The zero-order valence-electron chi connectivity index (χ0n) is 11.9. The summed E-state index contributed by atoms with van der Waals surface area (Å²) in [4.78, 5) is 26.9. The van der Waals surface area contributed by atoms with Gasteiger partial charge in [-0.3, -0.25) is 9.59 Å². The second kappa shape index (κ2) is 4.80. The SMILES string of the molecule is CC(C)CC1NC(=O)C(C2CC2)N(CC2CC2)C1=O. The van der Waals surface area contributed by atoms with Crippen molar-refractivity contribution >= 4 is 11.8 Å². The van der Waals surface area contributed by atoms with Crippen molar-refractivity contribution in [3.05, 3.63) is 0 Å². The van der Waals surface area contributed by atoms with Gasteiger partial charge in [0.15, 0.2) is 0 Å². The first-order valence-corrected chi connectivity index (χ1v) is 7.67. The Morgan fingerprint density at radius 1 is 1.21 bits per heavy atom. The Kier molecular flexibility index (Phi) is 3.27. The third-order valence-corrected chi connectivity index (χ3v) is 4.43. The van der Waals surface area contributed by atoms with E-state index in [1.807, 2.05) is 4.90 Å². The van der Waals surface area contributed by atoms with Gasteiger partial charge in [-0.1, -0.05) is 13.8 Å². The van der Waals surface area contributed by atoms with Gasteiger partial charge < -0.3 is 10.2 Å². The van der Waals surface area contributed by atoms with Crippen molar-refractivity contribution in [3.63, 3.8) is 0 Å². The van der Waals surface area contributed by atoms with Crippen LogP contribution in [0.15, 0.2) is 0 Å². The fraction of sp³-hybridized carbons (Fsp3) is 0.867. The number of hydrogen-bond donors (Lipinski definition) is 1. The van der Waals surface area contributed by atoms with Gasteiger partial charge in [-0.2, -0.15) is 0 Å². The molecule has 0 spiro atoms. The summed E-state index contributed by atoms with van der Waals surface area (Å²) < 4.78 is 0. The Bertz CT molecular complexity index is 386. The minimum absolute atomic E-state index is 0.0911. The van der Waals surface area contributed by atoms with E-state index in [9.17, 15) is 9.59 Å². The molecule has 3 rings (SSSR count). The van der Waals surface area contributed by atoms with Crippen LogP contribution in [0.25, 0.3) is 0 Å². The molecule has 0 bridgehead atoms. The molecule has 1 heterocycles. The lowest BCUT2D eigenvalue weighted by atomic mass is 9.96. The van der Waals surface area contributed by atoms with Gasteiger partial charge in [0.1, 0.15) is 12.1 Å². The standard InChI is InChI=1S/C15H24N2O2/c1-9(2)7-12-15(19)17(8-10-3-4-10)13(11-5-6-11)14(18)16-12/h9-13H,3-8H2,1-2H3,(H,16,18). The average molecular weight is 264 g/mol. The molecule has 2 aliphatic carbocycles. The zero-order valence-corrected chi connectivity index (χ0v) is 11.9. The van der Waals surface area contributed by atoms with E-state index in [-0.39, 0.29) is 23.9 Å². The normalized spacial score (nSPS) is 31.8. The lowest BCUT2D eigenvalue weighted by molar-refractivity contribution is -0.151. The second-order valence-corrected chi connectivity index (χ2v) is 6.91. The molecule has 0 aromatic rings. The van der Waals surface area contributed by atoms with E-state index in [1.54, 1.807) is 0 Å². The van der Waals surface area contributed by atoms with Crippen molar-refractivity contribution in [1.29, 1.82) is 0 Å². The van der Waals surface area contributed by atoms with E-state index >= 15 is 0 Å². The fourth-order valence-electron chi connectivity index (χ4n) is 3.09. The van der Waals surface area contributed by atoms with Crippen molar-refractivity contribution in [2.45, 2.75) is 58.0 Å². The number of nitrogens with one attached hydrogen (secondary N) is 1. The first kappa shape index (κ1) is 12.9. The third kappa shape index (κ3) is 2.77. The summed E-state index contributed by atoms with van der Waals surface area (Å²) in [6.45, 7) is 5.00. The molecule has 0 aromatic carbocycles. The summed E-state index contributed by atoms with van der Waals surface area (Å²) in [6, 6.07) is -0.460. The van der Waals surface area contributed by atoms with E-state index in [0.717, 1.165) is 25.8 Å². The van der Waals surface area contributed by atoms with Gasteiger partial charge in [0, 0.05) is 6.54 Å². The Morgan fingerprint density at radius 2 is 1.89 bits per heavy atom. The van der Waals surface area contributed by atoms with Crippen molar-refractivity contribution in [2.75, 3.05) is 6.54 Å². The molecule has 19 heavy (non-hydrogen) atoms. The minimum Gasteiger partial charge on any atom is -0.342 e. The quantitative estimate of drug-likeness (QED) is 0.819. The first-order valence-electron chi connectivity index (χ1n) is 7.67. The topological polar surface area (TPSA) is 49.4 Å². The maximum atomic E-state index is 12.6. The molecule has 3 fully saturated rings. The van der Waals surface area contributed by atoms with Crippen LogP contribution in [-0.2, 0) is 9.59 Å². The maximum absolute atomic E-state index is 12.6.